The number of nitrogens with zero attached hydrogens (tertiary/aromatic N) is 4. The van der Waals surface area contributed by atoms with Gasteiger partial charge in [0.15, 0.2) is 5.96 Å². The average Bonchev–Trinajstić information content (AvgIpc) is 1.59. The van der Waals surface area contributed by atoms with Crippen molar-refractivity contribution in [3.05, 3.63) is 54.1 Å². The van der Waals surface area contributed by atoms with Gasteiger partial charge in [0.05, 0.1) is 32.1 Å². The molecule has 592 valence electrons. The van der Waals surface area contributed by atoms with Crippen molar-refractivity contribution >= 4 is 101 Å². The third-order valence-corrected chi connectivity index (χ3v) is 20.1. The van der Waals surface area contributed by atoms with Crippen LogP contribution < -0.4 is 86.7 Å². The number of aromatic amines is 1. The number of aldehydes is 1. The maximum absolute atomic E-state index is 15.3. The van der Waals surface area contributed by atoms with Crippen molar-refractivity contribution < 1.29 is 67.4 Å². The van der Waals surface area contributed by atoms with Crippen LogP contribution in [0.5, 0.6) is 0 Å². The lowest BCUT2D eigenvalue weighted by molar-refractivity contribution is -0.142. The highest BCUT2D eigenvalue weighted by atomic mass is 32.2. The molecule has 1 aromatic carbocycles. The van der Waals surface area contributed by atoms with E-state index in [-0.39, 0.29) is 121 Å². The number of aromatic nitrogens is 2. The van der Waals surface area contributed by atoms with Crippen molar-refractivity contribution in [3.63, 3.8) is 0 Å². The van der Waals surface area contributed by atoms with Crippen LogP contribution in [0.3, 0.4) is 0 Å². The highest BCUT2D eigenvalue weighted by Crippen LogP contribution is 2.23. The van der Waals surface area contributed by atoms with Crippen LogP contribution in [0.25, 0.3) is 0 Å². The zero-order valence-electron chi connectivity index (χ0n) is 61.5. The second-order valence-corrected chi connectivity index (χ2v) is 29.1. The smallest absolute Gasteiger partial charge is 0.245 e. The van der Waals surface area contributed by atoms with Gasteiger partial charge in [0.25, 0.3) is 0 Å². The number of imidazole rings is 1. The number of nitrogens with two attached hydrogens (primary N) is 4. The minimum Gasteiger partial charge on any atom is -0.393 e. The third kappa shape index (κ3) is 28.1. The summed E-state index contributed by atoms with van der Waals surface area (Å²) in [5.74, 6) is -10.8. The molecule has 1 aromatic heterocycles. The van der Waals surface area contributed by atoms with Gasteiger partial charge in [-0.3, -0.25) is 67.9 Å². The van der Waals surface area contributed by atoms with Gasteiger partial charge in [-0.15, -0.1) is 0 Å². The number of guanidine groups is 1. The number of thioether (sulfide) groups is 1. The molecular formula is C70H112N22O14S. The lowest BCUT2D eigenvalue weighted by Crippen LogP contribution is -2.62. The highest BCUT2D eigenvalue weighted by molar-refractivity contribution is 7.99. The highest BCUT2D eigenvalue weighted by Gasteiger charge is 2.43. The zero-order valence-corrected chi connectivity index (χ0v) is 62.3. The molecule has 4 aliphatic heterocycles. The van der Waals surface area contributed by atoms with Crippen LogP contribution in [0.1, 0.15) is 141 Å². The Kier molecular flexibility index (Phi) is 36.2. The van der Waals surface area contributed by atoms with E-state index >= 15 is 9.59 Å². The van der Waals surface area contributed by atoms with Crippen molar-refractivity contribution in [2.75, 3.05) is 70.5 Å². The second kappa shape index (κ2) is 44.7. The molecule has 2 aromatic rings. The first-order chi connectivity index (χ1) is 51.3. The molecule has 0 bridgehead atoms. The van der Waals surface area contributed by atoms with E-state index in [0.717, 1.165) is 18.2 Å². The van der Waals surface area contributed by atoms with Crippen LogP contribution >= 0.6 is 11.8 Å². The summed E-state index contributed by atoms with van der Waals surface area (Å²) in [5.41, 5.74) is 21.6. The summed E-state index contributed by atoms with van der Waals surface area (Å²) in [7, 11) is 0. The predicted octanol–water partition coefficient (Wildman–Crippen LogP) is -4.56. The number of amidine groups is 1. The molecule has 12 atom stereocenters. The maximum atomic E-state index is 15.3. The standard InChI is InChI=1S/C70H112N22O14S/c1-4-5-18-47-61(99)89-53(65(103)90-70(39-93,40-94)33-43-16-7-6-8-17-43)38-107-37-52(64(102)87-51(32-44-34-77-41-81-44)63(101)82-46(19-9-10-25-71)58(96)80-36-57(95)91-29-14-23-54(91)66(104)83-47)88-62(100)50(31-42(2)3)86-60(98)48(21-13-28-79-69(74)75)84-67(105)55-24-15-30-92(55)68(106)49(22-11-26-76-35-56(72)73)85-59(97)45-20-12-27-78-45/h6-8,16-17,34,39,41-42,45-55,76,78,94H,4-5,9-15,18-33,35-38,40,71H2,1-3H3,(H3,72,73)(H,77,81)(H,80,96)(H,82,101)(H,83,104)(H,84,105)(H,85,97)(H,86,98)(H,87,102)(H,88,100)(H,89,99)(H,90,103)(H4,74,75,79). The molecule has 0 radical (unpaired) electrons. The maximum Gasteiger partial charge on any atom is 0.245 e. The summed E-state index contributed by atoms with van der Waals surface area (Å²) in [6.07, 6.45) is 7.47. The summed E-state index contributed by atoms with van der Waals surface area (Å²) >= 11 is 0.850. The number of benzene rings is 1. The van der Waals surface area contributed by atoms with Gasteiger partial charge in [0, 0.05) is 55.9 Å². The van der Waals surface area contributed by atoms with E-state index in [1.165, 1.54) is 22.3 Å². The fourth-order valence-electron chi connectivity index (χ4n) is 13.2. The van der Waals surface area contributed by atoms with E-state index < -0.39 is 162 Å². The van der Waals surface area contributed by atoms with Gasteiger partial charge in [0.1, 0.15) is 78.1 Å². The van der Waals surface area contributed by atoms with Gasteiger partial charge in [-0.1, -0.05) is 63.9 Å². The molecule has 4 fully saturated rings. The first-order valence-electron chi connectivity index (χ1n) is 37.1. The van der Waals surface area contributed by atoms with Crippen LogP contribution in [0.4, 0.5) is 0 Å². The van der Waals surface area contributed by atoms with Crippen molar-refractivity contribution in [2.45, 2.75) is 215 Å². The SMILES string of the molecule is CCCCC1NC(=O)C2CCCN2C(=O)CNC(=O)C(CCCCN)NC(=O)C(Cc2cnc[nH]2)NC(=O)C(NC(=O)C(CC(C)C)NC(=O)C(CCCN=C(N)N)NC(=O)C2CCCN2C(=O)C(CCCNCC(=N)N)NC(=O)C2CCCN2)CSCC(C(=O)NC(C=O)(CO)Cc2ccccc2)NC1=O. The van der Waals surface area contributed by atoms with Crippen molar-refractivity contribution in [1.82, 2.24) is 83.6 Å². The Balaban J connectivity index is 1.37. The lowest BCUT2D eigenvalue weighted by atomic mass is 9.92. The summed E-state index contributed by atoms with van der Waals surface area (Å²) < 4.78 is 0. The van der Waals surface area contributed by atoms with E-state index in [2.05, 4.69) is 78.8 Å². The number of aliphatic hydroxyl groups excluding tert-OH is 1. The number of carbonyl (C=O) groups excluding carboxylic acids is 13. The van der Waals surface area contributed by atoms with Crippen LogP contribution in [0, 0.1) is 11.3 Å². The van der Waals surface area contributed by atoms with Crippen LogP contribution in [0.2, 0.25) is 0 Å². The summed E-state index contributed by atoms with van der Waals surface area (Å²) in [4.78, 5) is 202. The Morgan fingerprint density at radius 3 is 2.14 bits per heavy atom. The minimum atomic E-state index is -1.94. The van der Waals surface area contributed by atoms with Gasteiger partial charge < -0.3 is 111 Å². The number of aliphatic imine (C=N–C) groups is 1. The number of hydrogen-bond acceptors (Lipinski definition) is 21. The number of hydrogen-bond donors (Lipinski definition) is 19. The van der Waals surface area contributed by atoms with Crippen molar-refractivity contribution in [3.8, 4) is 0 Å². The zero-order chi connectivity index (χ0) is 78.0. The monoisotopic (exact) mass is 1520 g/mol. The number of aliphatic hydroxyl groups is 1. The summed E-state index contributed by atoms with van der Waals surface area (Å²) in [5, 5.41) is 52.0. The van der Waals surface area contributed by atoms with Gasteiger partial charge in [0.2, 0.25) is 70.9 Å². The Morgan fingerprint density at radius 2 is 1.47 bits per heavy atom. The van der Waals surface area contributed by atoms with E-state index in [0.29, 0.717) is 82.0 Å². The van der Waals surface area contributed by atoms with Gasteiger partial charge >= 0.3 is 0 Å². The van der Waals surface area contributed by atoms with Crippen LogP contribution in [-0.4, -0.2) is 256 Å². The molecule has 6 rings (SSSR count). The topological polar surface area (TPSA) is 562 Å². The molecule has 5 heterocycles. The van der Waals surface area contributed by atoms with E-state index in [1.54, 1.807) is 44.2 Å². The lowest BCUT2D eigenvalue weighted by Gasteiger charge is -2.31. The molecule has 0 saturated carbocycles. The first-order valence-corrected chi connectivity index (χ1v) is 38.3. The van der Waals surface area contributed by atoms with Crippen molar-refractivity contribution in [2.24, 2.45) is 33.8 Å². The molecule has 12 amide bonds. The largest absolute Gasteiger partial charge is 0.393 e. The molecule has 0 spiro atoms. The normalized spacial score (nSPS) is 22.8. The minimum absolute atomic E-state index is 0.00991. The second-order valence-electron chi connectivity index (χ2n) is 28.0. The first kappa shape index (κ1) is 86.6. The number of H-pyrrole nitrogens is 1. The fraction of sp³-hybridized carbons (Fsp3) is 0.657. The van der Waals surface area contributed by atoms with E-state index in [9.17, 15) is 57.8 Å². The third-order valence-electron chi connectivity index (χ3n) is 18.9. The average molecular weight is 1520 g/mol. The fourth-order valence-corrected chi connectivity index (χ4v) is 14.2. The van der Waals surface area contributed by atoms with Crippen molar-refractivity contribution in [1.29, 1.82) is 5.41 Å². The van der Waals surface area contributed by atoms with Gasteiger partial charge in [-0.2, -0.15) is 11.8 Å². The molecule has 0 aliphatic carbocycles. The number of amides is 12. The van der Waals surface area contributed by atoms with E-state index in [1.807, 2.05) is 6.92 Å². The number of likely N-dealkylation sites (tertiary alicyclic amines) is 1. The van der Waals surface area contributed by atoms with Crippen LogP contribution in [-0.2, 0) is 75.2 Å². The molecule has 37 heteroatoms. The van der Waals surface area contributed by atoms with Crippen LogP contribution in [0.15, 0.2) is 47.8 Å². The number of rotatable bonds is 36. The molecular weight excluding hydrogens is 1400 g/mol. The quantitative estimate of drug-likeness (QED) is 0.0132. The predicted molar refractivity (Wildman–Crippen MR) is 399 cm³/mol. The summed E-state index contributed by atoms with van der Waals surface area (Å²) in [6.45, 7) is 5.52. The molecule has 4 saturated heterocycles. The van der Waals surface area contributed by atoms with Gasteiger partial charge in [-0.05, 0) is 127 Å². The molecule has 12 unspecified atom stereocenters. The number of unbranched alkanes of at least 4 members (excludes halogenated alkanes) is 2. The summed E-state index contributed by atoms with van der Waals surface area (Å²) in [6, 6.07) is -5.61. The van der Waals surface area contributed by atoms with E-state index in [4.69, 9.17) is 28.3 Å². The number of nitrogens with one attached hydrogen (secondary N) is 14. The molecule has 23 N–H and O–H groups in total. The Labute approximate surface area is 627 Å². The van der Waals surface area contributed by atoms with Gasteiger partial charge in [-0.25, -0.2) is 4.98 Å². The Bertz CT molecular complexity index is 3340. The number of fused-ring (bicyclic) bond motifs is 1. The number of carbonyl (C=O) groups is 13. The molecule has 36 nitrogen and oxygen atoms in total. The molecule has 107 heavy (non-hydrogen) atoms. The Hall–Kier alpha value is -9.33. The Morgan fingerprint density at radius 1 is 0.766 bits per heavy atom. The molecule has 4 aliphatic rings.